The van der Waals surface area contributed by atoms with E-state index in [0.717, 1.165) is 31.6 Å². The third-order valence-electron chi connectivity index (χ3n) is 4.19. The second-order valence-corrected chi connectivity index (χ2v) is 10.7. The fourth-order valence-electron chi connectivity index (χ4n) is 2.60. The molecule has 0 amide bonds. The molecule has 0 unspecified atom stereocenters. The lowest BCUT2D eigenvalue weighted by atomic mass is 10.1. The van der Waals surface area contributed by atoms with Gasteiger partial charge in [-0.1, -0.05) is 166 Å². The van der Waals surface area contributed by atoms with Crippen molar-refractivity contribution in [1.82, 2.24) is 4.98 Å². The van der Waals surface area contributed by atoms with Crippen LogP contribution >= 0.6 is 0 Å². The molecule has 0 saturated heterocycles. The van der Waals surface area contributed by atoms with Crippen LogP contribution in [0.25, 0.3) is 10.9 Å². The van der Waals surface area contributed by atoms with Crippen LogP contribution in [-0.2, 0) is 17.6 Å². The van der Waals surface area contributed by atoms with Gasteiger partial charge in [-0.25, -0.2) is 0 Å². The first-order valence-electron chi connectivity index (χ1n) is 16.6. The van der Waals surface area contributed by atoms with Crippen LogP contribution in [0.5, 0.6) is 0 Å². The van der Waals surface area contributed by atoms with E-state index in [1.807, 2.05) is 20.8 Å². The normalized spacial score (nSPS) is 8.16. The number of rotatable bonds is 4. The molecule has 0 spiro atoms. The smallest absolute Gasteiger partial charge is 0.129 e. The van der Waals surface area contributed by atoms with Gasteiger partial charge in [-0.3, -0.25) is 0 Å². The molecular weight excluding hydrogens is 550 g/mol. The Bertz CT molecular complexity index is 879. The number of Topliss-reactive ketones (excluding diaryl/α,β-unsaturated/α-hetero) is 1. The molecule has 0 fully saturated rings. The first-order valence-corrected chi connectivity index (χ1v) is 16.6. The Hall–Kier alpha value is -2.39. The highest BCUT2D eigenvalue weighted by atomic mass is 16.3. The second kappa shape index (κ2) is 48.5. The molecule has 1 heterocycles. The zero-order valence-corrected chi connectivity index (χ0v) is 30.9. The summed E-state index contributed by atoms with van der Waals surface area (Å²) < 4.78 is 0. The van der Waals surface area contributed by atoms with Crippen molar-refractivity contribution >= 4 is 16.7 Å². The Morgan fingerprint density at radius 2 is 1.11 bits per heavy atom. The van der Waals surface area contributed by atoms with E-state index in [-0.39, 0.29) is 34.2 Å². The largest absolute Gasteiger partial charge is 0.394 e. The number of aliphatic hydroxyl groups excluding tert-OH is 1. The van der Waals surface area contributed by atoms with Crippen molar-refractivity contribution in [3.63, 3.8) is 0 Å². The minimum absolute atomic E-state index is 0. The van der Waals surface area contributed by atoms with E-state index in [0.29, 0.717) is 0 Å². The van der Waals surface area contributed by atoms with Gasteiger partial charge in [-0.2, -0.15) is 0 Å². The Labute approximate surface area is 286 Å². The molecule has 270 valence electrons. The number of hydrogen-bond donors (Lipinski definition) is 2. The SMILES string of the molecule is C.C.C.CC.CC(C)C.CC(C)O.CCC.CCC.CCCC(C)=O.CCc1c[nH]c2ccccc12.CCc1ccc(C)cc1. The van der Waals surface area contributed by atoms with Crippen LogP contribution in [-0.4, -0.2) is 22.0 Å². The van der Waals surface area contributed by atoms with Gasteiger partial charge in [0.1, 0.15) is 5.78 Å². The number of carbonyl (C=O) groups is 1. The van der Waals surface area contributed by atoms with Gasteiger partial charge in [0, 0.05) is 29.6 Å². The Morgan fingerprint density at radius 3 is 1.40 bits per heavy atom. The van der Waals surface area contributed by atoms with Crippen molar-refractivity contribution in [1.29, 1.82) is 0 Å². The molecule has 45 heavy (non-hydrogen) atoms. The van der Waals surface area contributed by atoms with Gasteiger partial charge >= 0.3 is 0 Å². The third kappa shape index (κ3) is 54.5. The topological polar surface area (TPSA) is 53.1 Å². The summed E-state index contributed by atoms with van der Waals surface area (Å²) in [5.74, 6) is 1.12. The van der Waals surface area contributed by atoms with Gasteiger partial charge in [0.2, 0.25) is 0 Å². The molecule has 3 aromatic rings. The van der Waals surface area contributed by atoms with Crippen LogP contribution in [0.3, 0.4) is 0 Å². The highest BCUT2D eigenvalue weighted by molar-refractivity contribution is 5.82. The molecule has 0 radical (unpaired) electrons. The lowest BCUT2D eigenvalue weighted by molar-refractivity contribution is -0.117. The number of aryl methyl sites for hydroxylation is 3. The number of H-pyrrole nitrogens is 1. The van der Waals surface area contributed by atoms with Gasteiger partial charge in [0.15, 0.2) is 0 Å². The van der Waals surface area contributed by atoms with Gasteiger partial charge < -0.3 is 14.9 Å². The maximum Gasteiger partial charge on any atom is 0.129 e. The number of hydrogen-bond acceptors (Lipinski definition) is 2. The predicted molar refractivity (Wildman–Crippen MR) is 215 cm³/mol. The molecular formula is C42H85NO2. The van der Waals surface area contributed by atoms with E-state index in [9.17, 15) is 4.79 Å². The maximum absolute atomic E-state index is 10.0. The van der Waals surface area contributed by atoms with Crippen molar-refractivity contribution in [3.8, 4) is 0 Å². The van der Waals surface area contributed by atoms with Crippen LogP contribution in [0.2, 0.25) is 0 Å². The molecule has 0 aliphatic heterocycles. The van der Waals surface area contributed by atoms with Crippen LogP contribution in [0.15, 0.2) is 54.7 Å². The molecule has 1 aromatic heterocycles. The quantitative estimate of drug-likeness (QED) is 0.300. The summed E-state index contributed by atoms with van der Waals surface area (Å²) >= 11 is 0. The Kier molecular flexibility index (Phi) is 66.4. The van der Waals surface area contributed by atoms with Crippen LogP contribution in [0, 0.1) is 12.8 Å². The molecule has 0 saturated carbocycles. The lowest BCUT2D eigenvalue weighted by Crippen LogP contribution is -1.85. The van der Waals surface area contributed by atoms with Crippen molar-refractivity contribution in [2.45, 2.75) is 178 Å². The number of ketones is 1. The average Bonchev–Trinajstić information content (AvgIpc) is 3.35. The number of aromatic amines is 1. The van der Waals surface area contributed by atoms with Crippen LogP contribution in [0.1, 0.15) is 169 Å². The lowest BCUT2D eigenvalue weighted by Gasteiger charge is -1.94. The number of carbonyl (C=O) groups excluding carboxylic acids is 1. The van der Waals surface area contributed by atoms with E-state index in [2.05, 4.69) is 129 Å². The highest BCUT2D eigenvalue weighted by Crippen LogP contribution is 2.17. The summed E-state index contributed by atoms with van der Waals surface area (Å²) in [5.41, 5.74) is 5.40. The minimum atomic E-state index is -0.167. The number of aliphatic hydroxyl groups is 1. The van der Waals surface area contributed by atoms with Crippen molar-refractivity contribution in [2.75, 3.05) is 0 Å². The predicted octanol–water partition coefficient (Wildman–Crippen LogP) is 14.5. The average molecular weight is 636 g/mol. The van der Waals surface area contributed by atoms with Crippen LogP contribution in [0.4, 0.5) is 0 Å². The Balaban J connectivity index is -0.0000000614. The highest BCUT2D eigenvalue weighted by Gasteiger charge is 1.98. The molecule has 3 nitrogen and oxygen atoms in total. The van der Waals surface area contributed by atoms with Crippen molar-refractivity contribution < 1.29 is 9.90 Å². The minimum Gasteiger partial charge on any atom is -0.394 e. The first kappa shape index (κ1) is 61.6. The monoisotopic (exact) mass is 636 g/mol. The van der Waals surface area contributed by atoms with Gasteiger partial charge in [0.25, 0.3) is 0 Å². The molecule has 0 atom stereocenters. The molecule has 3 rings (SSSR count). The summed E-state index contributed by atoms with van der Waals surface area (Å²) in [7, 11) is 0. The standard InChI is InChI=1S/C10H11N.C9H12.C5H10O.C4H10.C3H8O.2C3H8.C2H6.3CH4/c1-2-8-7-11-10-6-4-3-5-9(8)10;1-3-9-6-4-8(2)5-7-9;1-3-4-5(2)6;1-4(2)3;1-3(2)4;2*1-3-2;1-2;;;/h3-7,11H,2H2,1H3;4-7H,3H2,1-2H3;3-4H2,1-2H3;4H,1-3H3;3-4H,1-2H3;2*3H2,1-2H3;1-2H3;3*1H4. The molecule has 0 aliphatic rings. The molecule has 0 bridgehead atoms. The van der Waals surface area contributed by atoms with E-state index in [1.54, 1.807) is 20.8 Å². The molecule has 0 aliphatic carbocycles. The number of benzene rings is 2. The zero-order valence-electron chi connectivity index (χ0n) is 30.9. The fraction of sp³-hybridized carbons (Fsp3) is 0.643. The molecule has 2 aromatic carbocycles. The number of aromatic nitrogens is 1. The molecule has 2 N–H and O–H groups in total. The zero-order chi connectivity index (χ0) is 33.9. The summed E-state index contributed by atoms with van der Waals surface area (Å²) in [6, 6.07) is 17.1. The van der Waals surface area contributed by atoms with Crippen molar-refractivity contribution in [2.24, 2.45) is 5.92 Å². The first-order chi connectivity index (χ1) is 19.8. The summed E-state index contributed by atoms with van der Waals surface area (Å²) in [4.78, 5) is 13.3. The van der Waals surface area contributed by atoms with E-state index in [1.165, 1.54) is 40.4 Å². The van der Waals surface area contributed by atoms with Crippen LogP contribution < -0.4 is 0 Å². The number of fused-ring (bicyclic) bond motifs is 1. The fourth-order valence-corrected chi connectivity index (χ4v) is 2.60. The van der Waals surface area contributed by atoms with E-state index < -0.39 is 0 Å². The van der Waals surface area contributed by atoms with Gasteiger partial charge in [0.05, 0.1) is 0 Å². The number of nitrogens with one attached hydrogen (secondary N) is 1. The summed E-state index contributed by atoms with van der Waals surface area (Å²) in [5, 5.41) is 9.41. The Morgan fingerprint density at radius 1 is 0.733 bits per heavy atom. The summed E-state index contributed by atoms with van der Waals surface area (Å²) in [6.45, 7) is 32.5. The van der Waals surface area contributed by atoms with E-state index >= 15 is 0 Å². The van der Waals surface area contributed by atoms with E-state index in [4.69, 9.17) is 5.11 Å². The second-order valence-electron chi connectivity index (χ2n) is 10.7. The van der Waals surface area contributed by atoms with Crippen molar-refractivity contribution in [3.05, 3.63) is 71.4 Å². The summed E-state index contributed by atoms with van der Waals surface area (Å²) in [6.07, 6.45) is 8.38. The van der Waals surface area contributed by atoms with Gasteiger partial charge in [-0.05, 0) is 70.1 Å². The maximum atomic E-state index is 10.0. The molecule has 3 heteroatoms. The van der Waals surface area contributed by atoms with Gasteiger partial charge in [-0.15, -0.1) is 0 Å². The number of para-hydroxylation sites is 1. The third-order valence-corrected chi connectivity index (χ3v) is 4.19.